The fraction of sp³-hybridized carbons (Fsp3) is 0.217. The molecule has 0 unspecified atom stereocenters. The highest BCUT2D eigenvalue weighted by Crippen LogP contribution is 2.28. The molecular formula is C23H21N3O4. The van der Waals surface area contributed by atoms with E-state index in [1.807, 2.05) is 37.3 Å². The summed E-state index contributed by atoms with van der Waals surface area (Å²) in [4.78, 5) is 40.2. The van der Waals surface area contributed by atoms with Crippen LogP contribution in [0.1, 0.15) is 36.2 Å². The van der Waals surface area contributed by atoms with Crippen LogP contribution in [0.3, 0.4) is 0 Å². The lowest BCUT2D eigenvalue weighted by molar-refractivity contribution is -0.138. The van der Waals surface area contributed by atoms with Crippen LogP contribution >= 0.6 is 0 Å². The van der Waals surface area contributed by atoms with Crippen LogP contribution in [0, 0.1) is 6.92 Å². The summed E-state index contributed by atoms with van der Waals surface area (Å²) < 4.78 is 1.69. The summed E-state index contributed by atoms with van der Waals surface area (Å²) in [5.74, 6) is -0.779. The second kappa shape index (κ2) is 7.94. The Morgan fingerprint density at radius 2 is 1.93 bits per heavy atom. The van der Waals surface area contributed by atoms with E-state index in [9.17, 15) is 14.4 Å². The number of aryl methyl sites for hydroxylation is 1. The zero-order chi connectivity index (χ0) is 21.3. The Labute approximate surface area is 172 Å². The Kier molecular flexibility index (Phi) is 5.18. The molecule has 1 aliphatic rings. The van der Waals surface area contributed by atoms with Gasteiger partial charge in [0.15, 0.2) is 0 Å². The molecule has 0 atom stereocenters. The minimum atomic E-state index is -1.03. The van der Waals surface area contributed by atoms with E-state index in [2.05, 4.69) is 5.32 Å². The number of aromatic nitrogens is 2. The van der Waals surface area contributed by atoms with Gasteiger partial charge in [-0.3, -0.25) is 19.0 Å². The quantitative estimate of drug-likeness (QED) is 0.679. The highest BCUT2D eigenvalue weighted by molar-refractivity contribution is 5.95. The number of carboxylic acid groups (broad SMARTS) is 1. The smallest absolute Gasteiger partial charge is 0.303 e. The number of aliphatic carboxylic acids is 1. The van der Waals surface area contributed by atoms with Gasteiger partial charge in [0.25, 0.3) is 5.56 Å². The van der Waals surface area contributed by atoms with Crippen molar-refractivity contribution < 1.29 is 14.7 Å². The van der Waals surface area contributed by atoms with Crippen molar-refractivity contribution in [3.63, 3.8) is 0 Å². The number of allylic oxidation sites excluding steroid dienone is 1. The van der Waals surface area contributed by atoms with Crippen LogP contribution < -0.4 is 10.9 Å². The van der Waals surface area contributed by atoms with Gasteiger partial charge in [-0.2, -0.15) is 0 Å². The van der Waals surface area contributed by atoms with Crippen molar-refractivity contribution in [3.8, 4) is 0 Å². The first kappa shape index (κ1) is 19.6. The Morgan fingerprint density at radius 1 is 1.17 bits per heavy atom. The average Bonchev–Trinajstić information content (AvgIpc) is 3.11. The maximum atomic E-state index is 12.9. The van der Waals surface area contributed by atoms with Crippen LogP contribution in [0.2, 0.25) is 0 Å². The second-order valence-corrected chi connectivity index (χ2v) is 7.40. The van der Waals surface area contributed by atoms with Crippen LogP contribution in [0.4, 0.5) is 5.69 Å². The van der Waals surface area contributed by atoms with Crippen LogP contribution in [0.15, 0.2) is 47.3 Å². The molecule has 7 heteroatoms. The van der Waals surface area contributed by atoms with Gasteiger partial charge in [-0.25, -0.2) is 4.98 Å². The van der Waals surface area contributed by atoms with Crippen molar-refractivity contribution in [3.05, 3.63) is 69.8 Å². The maximum absolute atomic E-state index is 12.9. The summed E-state index contributed by atoms with van der Waals surface area (Å²) in [7, 11) is 0. The number of hydrogen-bond acceptors (Lipinski definition) is 4. The standard InChI is InChI=1S/C23H21N3O4/c1-14-2-4-15(5-3-14)12-16-10-11-26-22(16)25-19-13-17(6-7-18(19)23(26)30)24-20(27)8-9-21(28)29/h2-7,12-13H,8-11H2,1H3,(H,24,27)(H,28,29). The molecule has 0 saturated heterocycles. The molecule has 152 valence electrons. The highest BCUT2D eigenvalue weighted by atomic mass is 16.4. The molecule has 0 radical (unpaired) electrons. The Balaban J connectivity index is 1.68. The van der Waals surface area contributed by atoms with Crippen molar-refractivity contribution in [1.82, 2.24) is 9.55 Å². The summed E-state index contributed by atoms with van der Waals surface area (Å²) in [5, 5.41) is 11.9. The second-order valence-electron chi connectivity index (χ2n) is 7.40. The zero-order valence-electron chi connectivity index (χ0n) is 16.5. The third-order valence-corrected chi connectivity index (χ3v) is 5.12. The van der Waals surface area contributed by atoms with E-state index in [1.165, 1.54) is 5.56 Å². The molecule has 2 N–H and O–H groups in total. The summed E-state index contributed by atoms with van der Waals surface area (Å²) in [6, 6.07) is 13.1. The van der Waals surface area contributed by atoms with Gasteiger partial charge in [-0.1, -0.05) is 29.8 Å². The molecule has 4 rings (SSSR count). The van der Waals surface area contributed by atoms with E-state index >= 15 is 0 Å². The van der Waals surface area contributed by atoms with Crippen molar-refractivity contribution in [2.24, 2.45) is 0 Å². The summed E-state index contributed by atoms with van der Waals surface area (Å²) in [5.41, 5.74) is 4.11. The lowest BCUT2D eigenvalue weighted by Crippen LogP contribution is -2.21. The van der Waals surface area contributed by atoms with Gasteiger partial charge < -0.3 is 10.4 Å². The monoisotopic (exact) mass is 403 g/mol. The first-order valence-corrected chi connectivity index (χ1v) is 9.74. The number of carbonyl (C=O) groups excluding carboxylic acids is 1. The van der Waals surface area contributed by atoms with Crippen LogP contribution in [0.5, 0.6) is 0 Å². The molecule has 30 heavy (non-hydrogen) atoms. The van der Waals surface area contributed by atoms with Crippen molar-refractivity contribution >= 4 is 40.1 Å². The summed E-state index contributed by atoms with van der Waals surface area (Å²) in [6.45, 7) is 2.62. The normalized spacial score (nSPS) is 14.1. The van der Waals surface area contributed by atoms with Gasteiger partial charge in [-0.15, -0.1) is 0 Å². The molecule has 0 bridgehead atoms. The largest absolute Gasteiger partial charge is 0.481 e. The minimum Gasteiger partial charge on any atom is -0.481 e. The van der Waals surface area contributed by atoms with E-state index in [0.29, 0.717) is 29.0 Å². The molecule has 3 aromatic rings. The third kappa shape index (κ3) is 4.00. The van der Waals surface area contributed by atoms with E-state index < -0.39 is 11.9 Å². The predicted octanol–water partition coefficient (Wildman–Crippen LogP) is 3.45. The van der Waals surface area contributed by atoms with Crippen LogP contribution in [-0.4, -0.2) is 26.5 Å². The number of benzene rings is 2. The zero-order valence-corrected chi connectivity index (χ0v) is 16.5. The summed E-state index contributed by atoms with van der Waals surface area (Å²) in [6.07, 6.45) is 2.43. The molecule has 1 aromatic heterocycles. The maximum Gasteiger partial charge on any atom is 0.303 e. The van der Waals surface area contributed by atoms with Crippen molar-refractivity contribution in [1.29, 1.82) is 0 Å². The van der Waals surface area contributed by atoms with E-state index in [0.717, 1.165) is 17.6 Å². The van der Waals surface area contributed by atoms with Crippen molar-refractivity contribution in [2.75, 3.05) is 5.32 Å². The number of carboxylic acids is 1. The first-order valence-electron chi connectivity index (χ1n) is 9.74. The van der Waals surface area contributed by atoms with E-state index in [1.54, 1.807) is 22.8 Å². The number of rotatable bonds is 5. The first-order chi connectivity index (χ1) is 14.4. The van der Waals surface area contributed by atoms with E-state index in [4.69, 9.17) is 10.1 Å². The molecule has 1 amide bonds. The number of fused-ring (bicyclic) bond motifs is 2. The molecule has 1 aliphatic heterocycles. The lowest BCUT2D eigenvalue weighted by Gasteiger charge is -2.08. The number of anilines is 1. The van der Waals surface area contributed by atoms with E-state index in [-0.39, 0.29) is 18.4 Å². The van der Waals surface area contributed by atoms with Gasteiger partial charge in [-0.05, 0) is 48.8 Å². The number of nitrogens with one attached hydrogen (secondary N) is 1. The van der Waals surface area contributed by atoms with Crippen LogP contribution in [0.25, 0.3) is 22.6 Å². The van der Waals surface area contributed by atoms with Crippen molar-refractivity contribution in [2.45, 2.75) is 32.7 Å². The average molecular weight is 403 g/mol. The SMILES string of the molecule is Cc1ccc(C=C2CCn3c2nc2cc(NC(=O)CCC(=O)O)ccc2c3=O)cc1. The van der Waals surface area contributed by atoms with Gasteiger partial charge >= 0.3 is 5.97 Å². The molecule has 0 fully saturated rings. The number of nitrogens with zero attached hydrogens (tertiary/aromatic N) is 2. The molecule has 0 spiro atoms. The summed E-state index contributed by atoms with van der Waals surface area (Å²) >= 11 is 0. The minimum absolute atomic E-state index is 0.106. The highest BCUT2D eigenvalue weighted by Gasteiger charge is 2.21. The fourth-order valence-electron chi connectivity index (χ4n) is 3.54. The van der Waals surface area contributed by atoms with Gasteiger partial charge in [0.05, 0.1) is 17.3 Å². The Bertz CT molecular complexity index is 1240. The predicted molar refractivity (Wildman–Crippen MR) is 115 cm³/mol. The number of carbonyl (C=O) groups is 2. The molecule has 2 aromatic carbocycles. The van der Waals surface area contributed by atoms with Gasteiger partial charge in [0, 0.05) is 18.7 Å². The topological polar surface area (TPSA) is 101 Å². The molecule has 0 aliphatic carbocycles. The molecular weight excluding hydrogens is 382 g/mol. The fourth-order valence-corrected chi connectivity index (χ4v) is 3.54. The Hall–Kier alpha value is -3.74. The van der Waals surface area contributed by atoms with Gasteiger partial charge in [0.1, 0.15) is 5.82 Å². The molecule has 2 heterocycles. The number of hydrogen-bond donors (Lipinski definition) is 2. The number of amides is 1. The molecule has 0 saturated carbocycles. The third-order valence-electron chi connectivity index (χ3n) is 5.12. The Morgan fingerprint density at radius 3 is 2.67 bits per heavy atom. The molecule has 7 nitrogen and oxygen atoms in total. The van der Waals surface area contributed by atoms with Gasteiger partial charge in [0.2, 0.25) is 5.91 Å². The van der Waals surface area contributed by atoms with Crippen LogP contribution in [-0.2, 0) is 16.1 Å². The lowest BCUT2D eigenvalue weighted by atomic mass is 10.1.